The molecule has 0 aromatic heterocycles. The Morgan fingerprint density at radius 2 is 2.05 bits per heavy atom. The minimum Gasteiger partial charge on any atom is -0.462 e. The summed E-state index contributed by atoms with van der Waals surface area (Å²) < 4.78 is 11.5. The third-order valence-corrected chi connectivity index (χ3v) is 6.22. The second kappa shape index (κ2) is 5.07. The molecule has 0 N–H and O–H groups in total. The van der Waals surface area contributed by atoms with Crippen LogP contribution >= 0.6 is 11.8 Å². The van der Waals surface area contributed by atoms with Gasteiger partial charge in [-0.3, -0.25) is 4.79 Å². The molecule has 1 amide bonds. The van der Waals surface area contributed by atoms with E-state index in [4.69, 9.17) is 9.47 Å². The number of carbonyl (C=O) groups excluding carboxylic acids is 2. The highest BCUT2D eigenvalue weighted by Gasteiger charge is 2.55. The number of nitrogens with zero attached hydrogens (tertiary/aromatic N) is 1. The summed E-state index contributed by atoms with van der Waals surface area (Å²) in [5.41, 5.74) is -0.454. The van der Waals surface area contributed by atoms with Crippen LogP contribution in [0.2, 0.25) is 0 Å². The summed E-state index contributed by atoms with van der Waals surface area (Å²) in [5, 5.41) is 0. The number of ether oxygens (including phenoxy) is 2. The van der Waals surface area contributed by atoms with Gasteiger partial charge in [0.15, 0.2) is 0 Å². The molecular formula is C15H21NO4S. The van der Waals surface area contributed by atoms with Crippen molar-refractivity contribution in [3.05, 3.63) is 0 Å². The largest absolute Gasteiger partial charge is 0.462 e. The highest BCUT2D eigenvalue weighted by Crippen LogP contribution is 2.51. The molecule has 2 saturated carbocycles. The van der Waals surface area contributed by atoms with Gasteiger partial charge >= 0.3 is 12.1 Å². The van der Waals surface area contributed by atoms with Crippen molar-refractivity contribution in [3.8, 4) is 0 Å². The fourth-order valence-corrected chi connectivity index (χ4v) is 5.40. The quantitative estimate of drug-likeness (QED) is 0.694. The van der Waals surface area contributed by atoms with Gasteiger partial charge in [-0.25, -0.2) is 4.79 Å². The van der Waals surface area contributed by atoms with Crippen LogP contribution in [0.4, 0.5) is 4.79 Å². The van der Waals surface area contributed by atoms with E-state index in [9.17, 15) is 9.59 Å². The molecule has 5 rings (SSSR count). The molecule has 3 heterocycles. The number of hydrogen-bond donors (Lipinski definition) is 0. The minimum atomic E-state index is -0.454. The zero-order valence-electron chi connectivity index (χ0n) is 12.1. The number of fused-ring (bicyclic) bond motifs is 1. The lowest BCUT2D eigenvalue weighted by Crippen LogP contribution is -2.51. The molecule has 0 spiro atoms. The van der Waals surface area contributed by atoms with E-state index in [1.165, 1.54) is 0 Å². The van der Waals surface area contributed by atoms with Gasteiger partial charge in [0.2, 0.25) is 0 Å². The molecule has 5 aliphatic rings. The number of esters is 1. The summed E-state index contributed by atoms with van der Waals surface area (Å²) in [7, 11) is 0. The first-order valence-electron chi connectivity index (χ1n) is 7.90. The smallest absolute Gasteiger partial charge is 0.410 e. The van der Waals surface area contributed by atoms with E-state index in [1.54, 1.807) is 0 Å². The lowest BCUT2D eigenvalue weighted by Gasteiger charge is -2.46. The molecule has 116 valence electrons. The molecule has 5 nitrogen and oxygen atoms in total. The predicted octanol–water partition coefficient (Wildman–Crippen LogP) is 2.05. The summed E-state index contributed by atoms with van der Waals surface area (Å²) in [5.74, 6) is 2.30. The Labute approximate surface area is 128 Å². The molecule has 2 aliphatic carbocycles. The van der Waals surface area contributed by atoms with Gasteiger partial charge < -0.3 is 14.4 Å². The van der Waals surface area contributed by atoms with Gasteiger partial charge in [-0.05, 0) is 25.2 Å². The maximum Gasteiger partial charge on any atom is 0.410 e. The fourth-order valence-electron chi connectivity index (χ4n) is 4.49. The van der Waals surface area contributed by atoms with Crippen molar-refractivity contribution in [2.24, 2.45) is 11.8 Å². The van der Waals surface area contributed by atoms with Crippen LogP contribution in [0.3, 0.4) is 0 Å². The lowest BCUT2D eigenvalue weighted by atomic mass is 9.65. The van der Waals surface area contributed by atoms with Crippen LogP contribution in [0, 0.1) is 11.8 Å². The number of thioether (sulfide) groups is 1. The van der Waals surface area contributed by atoms with Crippen LogP contribution in [0.5, 0.6) is 0 Å². The summed E-state index contributed by atoms with van der Waals surface area (Å²) in [6, 6.07) is 0. The predicted molar refractivity (Wildman–Crippen MR) is 78.1 cm³/mol. The van der Waals surface area contributed by atoms with E-state index >= 15 is 0 Å². The molecule has 4 atom stereocenters. The molecule has 3 aliphatic heterocycles. The zero-order chi connectivity index (χ0) is 14.4. The second-order valence-corrected chi connectivity index (χ2v) is 8.08. The van der Waals surface area contributed by atoms with Crippen molar-refractivity contribution in [1.29, 1.82) is 0 Å². The van der Waals surface area contributed by atoms with Crippen LogP contribution in [0.15, 0.2) is 0 Å². The Morgan fingerprint density at radius 3 is 2.86 bits per heavy atom. The Balaban J connectivity index is 1.51. The molecular weight excluding hydrogens is 290 g/mol. The molecule has 0 aromatic rings. The third-order valence-electron chi connectivity index (χ3n) is 5.28. The highest BCUT2D eigenvalue weighted by atomic mass is 32.2. The number of hydrogen-bond acceptors (Lipinski definition) is 5. The van der Waals surface area contributed by atoms with Crippen LogP contribution in [0.1, 0.15) is 32.1 Å². The number of amides is 1. The monoisotopic (exact) mass is 311 g/mol. The van der Waals surface area contributed by atoms with Crippen LogP contribution < -0.4 is 0 Å². The summed E-state index contributed by atoms with van der Waals surface area (Å²) in [6.07, 6.45) is 3.88. The van der Waals surface area contributed by atoms with E-state index in [0.717, 1.165) is 43.9 Å². The van der Waals surface area contributed by atoms with E-state index in [0.29, 0.717) is 18.8 Å². The van der Waals surface area contributed by atoms with E-state index in [2.05, 4.69) is 0 Å². The second-order valence-electron chi connectivity index (χ2n) is 6.86. The molecule has 0 aromatic carbocycles. The van der Waals surface area contributed by atoms with Gasteiger partial charge in [0.05, 0.1) is 5.92 Å². The lowest BCUT2D eigenvalue weighted by molar-refractivity contribution is -0.151. The van der Waals surface area contributed by atoms with Crippen molar-refractivity contribution in [2.75, 3.05) is 24.6 Å². The van der Waals surface area contributed by atoms with Crippen molar-refractivity contribution in [3.63, 3.8) is 0 Å². The average molecular weight is 311 g/mol. The molecule has 4 bridgehead atoms. The average Bonchev–Trinajstić information content (AvgIpc) is 2.62. The van der Waals surface area contributed by atoms with Crippen LogP contribution in [0.25, 0.3) is 0 Å². The third kappa shape index (κ3) is 2.51. The van der Waals surface area contributed by atoms with Crippen molar-refractivity contribution >= 4 is 23.8 Å². The van der Waals surface area contributed by atoms with Gasteiger partial charge in [0, 0.05) is 37.4 Å². The first-order valence-corrected chi connectivity index (χ1v) is 9.05. The molecule has 5 fully saturated rings. The van der Waals surface area contributed by atoms with Crippen molar-refractivity contribution in [2.45, 2.75) is 43.8 Å². The van der Waals surface area contributed by atoms with E-state index in [-0.39, 0.29) is 24.1 Å². The number of carbonyl (C=O) groups is 2. The topological polar surface area (TPSA) is 55.8 Å². The maximum atomic E-state index is 12.4. The van der Waals surface area contributed by atoms with Crippen molar-refractivity contribution < 1.29 is 19.1 Å². The van der Waals surface area contributed by atoms with Gasteiger partial charge in [0.25, 0.3) is 0 Å². The Morgan fingerprint density at radius 1 is 1.24 bits per heavy atom. The Hall–Kier alpha value is -0.910. The Kier molecular flexibility index (Phi) is 3.32. The first kappa shape index (κ1) is 13.7. The summed E-state index contributed by atoms with van der Waals surface area (Å²) in [6.45, 7) is 1.54. The summed E-state index contributed by atoms with van der Waals surface area (Å²) >= 11 is 1.88. The Bertz CT molecular complexity index is 465. The van der Waals surface area contributed by atoms with Gasteiger partial charge in [-0.1, -0.05) is 0 Å². The van der Waals surface area contributed by atoms with Gasteiger partial charge in [-0.15, -0.1) is 0 Å². The molecule has 6 heteroatoms. The summed E-state index contributed by atoms with van der Waals surface area (Å²) in [4.78, 5) is 26.3. The zero-order valence-corrected chi connectivity index (χ0v) is 12.9. The highest BCUT2D eigenvalue weighted by molar-refractivity contribution is 7.99. The van der Waals surface area contributed by atoms with E-state index in [1.807, 2.05) is 16.7 Å². The van der Waals surface area contributed by atoms with Crippen LogP contribution in [-0.4, -0.2) is 53.3 Å². The standard InChI is InChI=1S/C15H21NO4S/c17-13-11-5-10-6-12(19-13)9-15(7-10,8-11)20-14(18)16-1-3-21-4-2-16/h10-12H,1-9H2. The fraction of sp³-hybridized carbons (Fsp3) is 0.867. The van der Waals surface area contributed by atoms with Crippen molar-refractivity contribution in [1.82, 2.24) is 4.90 Å². The SMILES string of the molecule is O=C1OC2CC3CC1CC(OC(=O)N1CCSCC1)(C3)C2. The number of rotatable bonds is 1. The molecule has 0 radical (unpaired) electrons. The van der Waals surface area contributed by atoms with Crippen LogP contribution in [-0.2, 0) is 14.3 Å². The maximum absolute atomic E-state index is 12.4. The van der Waals surface area contributed by atoms with Gasteiger partial charge in [0.1, 0.15) is 11.7 Å². The minimum absolute atomic E-state index is 0.0477. The normalized spacial score (nSPS) is 41.6. The molecule has 21 heavy (non-hydrogen) atoms. The first-order chi connectivity index (χ1) is 10.1. The molecule has 3 saturated heterocycles. The van der Waals surface area contributed by atoms with Gasteiger partial charge in [-0.2, -0.15) is 11.8 Å². The molecule has 4 unspecified atom stereocenters. The van der Waals surface area contributed by atoms with E-state index < -0.39 is 5.60 Å².